The molecule has 2 rings (SSSR count). The number of carbonyl (C=O) groups is 1. The largest absolute Gasteiger partial charge is 0.409 e. The van der Waals surface area contributed by atoms with Crippen LogP contribution in [0.4, 0.5) is 0 Å². The van der Waals surface area contributed by atoms with Crippen LogP contribution in [0.15, 0.2) is 9.68 Å². The summed E-state index contributed by atoms with van der Waals surface area (Å²) in [6, 6.07) is 0. The van der Waals surface area contributed by atoms with Crippen LogP contribution in [0, 0.1) is 12.3 Å². The molecule has 8 heteroatoms. The molecule has 0 aliphatic heterocycles. The molecule has 1 aromatic rings. The summed E-state index contributed by atoms with van der Waals surface area (Å²) in [6.45, 7) is 1.84. The molecule has 1 aliphatic rings. The van der Waals surface area contributed by atoms with E-state index >= 15 is 0 Å². The van der Waals surface area contributed by atoms with Gasteiger partial charge in [0.1, 0.15) is 5.41 Å². The van der Waals surface area contributed by atoms with Gasteiger partial charge in [-0.2, -0.15) is 4.98 Å². The molecule has 1 saturated carbocycles. The Morgan fingerprint density at radius 1 is 1.50 bits per heavy atom. The Labute approximate surface area is 116 Å². The van der Waals surface area contributed by atoms with Crippen LogP contribution < -0.4 is 11.1 Å². The van der Waals surface area contributed by atoms with Crippen LogP contribution in [0.1, 0.15) is 43.8 Å². The van der Waals surface area contributed by atoms with E-state index in [2.05, 4.69) is 20.6 Å². The molecule has 1 aromatic heterocycles. The number of aryl methyl sites for hydroxylation is 1. The number of oxime groups is 1. The van der Waals surface area contributed by atoms with Crippen LogP contribution in [0.2, 0.25) is 0 Å². The average molecular weight is 281 g/mol. The van der Waals surface area contributed by atoms with Crippen LogP contribution in [0.3, 0.4) is 0 Å². The van der Waals surface area contributed by atoms with Gasteiger partial charge in [0.15, 0.2) is 11.7 Å². The number of hydrogen-bond donors (Lipinski definition) is 3. The van der Waals surface area contributed by atoms with Gasteiger partial charge in [0.2, 0.25) is 11.8 Å². The fourth-order valence-corrected chi connectivity index (χ4v) is 2.59. The maximum atomic E-state index is 12.4. The highest BCUT2D eigenvalue weighted by Crippen LogP contribution is 2.36. The summed E-state index contributed by atoms with van der Waals surface area (Å²) in [5.41, 5.74) is 4.82. The van der Waals surface area contributed by atoms with Crippen LogP contribution in [-0.2, 0) is 11.3 Å². The Kier molecular flexibility index (Phi) is 4.21. The van der Waals surface area contributed by atoms with E-state index in [4.69, 9.17) is 15.5 Å². The van der Waals surface area contributed by atoms with Gasteiger partial charge < -0.3 is 20.8 Å². The number of rotatable bonds is 4. The van der Waals surface area contributed by atoms with E-state index in [1.54, 1.807) is 6.92 Å². The molecule has 1 heterocycles. The maximum Gasteiger partial charge on any atom is 0.246 e. The lowest BCUT2D eigenvalue weighted by atomic mass is 9.72. The van der Waals surface area contributed by atoms with Crippen LogP contribution in [0.5, 0.6) is 0 Å². The van der Waals surface area contributed by atoms with E-state index in [0.717, 1.165) is 19.3 Å². The zero-order valence-corrected chi connectivity index (χ0v) is 11.4. The first-order chi connectivity index (χ1) is 9.58. The number of nitrogens with one attached hydrogen (secondary N) is 1. The topological polar surface area (TPSA) is 127 Å². The molecule has 110 valence electrons. The number of nitrogens with two attached hydrogens (primary N) is 1. The van der Waals surface area contributed by atoms with Crippen molar-refractivity contribution < 1.29 is 14.5 Å². The zero-order valence-electron chi connectivity index (χ0n) is 11.4. The summed E-state index contributed by atoms with van der Waals surface area (Å²) in [4.78, 5) is 16.4. The van der Waals surface area contributed by atoms with Gasteiger partial charge in [-0.15, -0.1) is 0 Å². The van der Waals surface area contributed by atoms with Gasteiger partial charge in [-0.1, -0.05) is 29.6 Å². The minimum absolute atomic E-state index is 0.0311. The predicted octanol–water partition coefficient (Wildman–Crippen LogP) is 0.691. The molecule has 0 atom stereocenters. The first-order valence-corrected chi connectivity index (χ1v) is 6.64. The number of hydrogen-bond acceptors (Lipinski definition) is 6. The first-order valence-electron chi connectivity index (χ1n) is 6.64. The molecule has 1 amide bonds. The summed E-state index contributed by atoms with van der Waals surface area (Å²) in [5, 5.41) is 18.4. The average Bonchev–Trinajstić information content (AvgIpc) is 2.90. The molecule has 20 heavy (non-hydrogen) atoms. The van der Waals surface area contributed by atoms with E-state index in [9.17, 15) is 4.79 Å². The zero-order chi connectivity index (χ0) is 14.6. The quantitative estimate of drug-likeness (QED) is 0.322. The number of nitrogens with zero attached hydrogens (tertiary/aromatic N) is 3. The highest BCUT2D eigenvalue weighted by atomic mass is 16.5. The predicted molar refractivity (Wildman–Crippen MR) is 69.8 cm³/mol. The van der Waals surface area contributed by atoms with Crippen molar-refractivity contribution in [1.29, 1.82) is 0 Å². The standard InChI is InChI=1S/C12H19N5O3/c1-8-15-9(20-17-8)7-14-11(18)12(10(13)16-19)5-3-2-4-6-12/h19H,2-7H2,1H3,(H2,13,16)(H,14,18). The van der Waals surface area contributed by atoms with Gasteiger partial charge in [-0.25, -0.2) is 0 Å². The molecule has 8 nitrogen and oxygen atoms in total. The smallest absolute Gasteiger partial charge is 0.246 e. The molecule has 0 radical (unpaired) electrons. The van der Waals surface area contributed by atoms with Crippen molar-refractivity contribution in [2.24, 2.45) is 16.3 Å². The third-order valence-electron chi connectivity index (χ3n) is 3.71. The molecule has 0 bridgehead atoms. The minimum Gasteiger partial charge on any atom is -0.409 e. The highest BCUT2D eigenvalue weighted by molar-refractivity contribution is 6.06. The molecule has 0 unspecified atom stereocenters. The number of amides is 1. The molecular formula is C12H19N5O3. The van der Waals surface area contributed by atoms with Crippen LogP contribution >= 0.6 is 0 Å². The molecular weight excluding hydrogens is 262 g/mol. The van der Waals surface area contributed by atoms with Crippen molar-refractivity contribution in [3.63, 3.8) is 0 Å². The Bertz CT molecular complexity index is 505. The molecule has 0 saturated heterocycles. The first kappa shape index (κ1) is 14.3. The van der Waals surface area contributed by atoms with Gasteiger partial charge in [-0.05, 0) is 19.8 Å². The lowest BCUT2D eigenvalue weighted by Crippen LogP contribution is -2.50. The van der Waals surface area contributed by atoms with Gasteiger partial charge in [-0.3, -0.25) is 4.79 Å². The lowest BCUT2D eigenvalue weighted by Gasteiger charge is -2.34. The number of aromatic nitrogens is 2. The Morgan fingerprint density at radius 2 is 2.20 bits per heavy atom. The molecule has 1 aliphatic carbocycles. The van der Waals surface area contributed by atoms with Crippen LogP contribution in [0.25, 0.3) is 0 Å². The number of amidine groups is 1. The summed E-state index contributed by atoms with van der Waals surface area (Å²) in [6.07, 6.45) is 3.97. The van der Waals surface area contributed by atoms with Crippen molar-refractivity contribution in [2.75, 3.05) is 0 Å². The van der Waals surface area contributed by atoms with Gasteiger partial charge >= 0.3 is 0 Å². The maximum absolute atomic E-state index is 12.4. The summed E-state index contributed by atoms with van der Waals surface area (Å²) in [5.74, 6) is 0.555. The third-order valence-corrected chi connectivity index (χ3v) is 3.71. The SMILES string of the molecule is Cc1noc(CNC(=O)C2(C(N)=NO)CCCCC2)n1. The second-order valence-electron chi connectivity index (χ2n) is 5.05. The van der Waals surface area contributed by atoms with Crippen molar-refractivity contribution in [1.82, 2.24) is 15.5 Å². The van der Waals surface area contributed by atoms with E-state index in [1.165, 1.54) is 0 Å². The van der Waals surface area contributed by atoms with Gasteiger partial charge in [0.25, 0.3) is 0 Å². The molecule has 0 aromatic carbocycles. The van der Waals surface area contributed by atoms with E-state index in [0.29, 0.717) is 24.6 Å². The normalized spacial score (nSPS) is 18.8. The molecule has 1 fully saturated rings. The molecule has 4 N–H and O–H groups in total. The number of carbonyl (C=O) groups excluding carboxylic acids is 1. The summed E-state index contributed by atoms with van der Waals surface area (Å²) in [7, 11) is 0. The fraction of sp³-hybridized carbons (Fsp3) is 0.667. The second kappa shape index (κ2) is 5.89. The molecule has 0 spiro atoms. The van der Waals surface area contributed by atoms with Gasteiger partial charge in [0, 0.05) is 0 Å². The van der Waals surface area contributed by atoms with Crippen molar-refractivity contribution in [2.45, 2.75) is 45.6 Å². The Morgan fingerprint density at radius 3 is 2.75 bits per heavy atom. The highest BCUT2D eigenvalue weighted by Gasteiger charge is 2.43. The van der Waals surface area contributed by atoms with Gasteiger partial charge in [0.05, 0.1) is 6.54 Å². The summed E-state index contributed by atoms with van der Waals surface area (Å²) >= 11 is 0. The monoisotopic (exact) mass is 281 g/mol. The van der Waals surface area contributed by atoms with Crippen molar-refractivity contribution in [3.8, 4) is 0 Å². The van der Waals surface area contributed by atoms with Crippen molar-refractivity contribution >= 4 is 11.7 Å². The fourth-order valence-electron chi connectivity index (χ4n) is 2.59. The van der Waals surface area contributed by atoms with E-state index in [1.807, 2.05) is 0 Å². The second-order valence-corrected chi connectivity index (χ2v) is 5.05. The van der Waals surface area contributed by atoms with Crippen LogP contribution in [-0.4, -0.2) is 27.1 Å². The Balaban J connectivity index is 2.07. The lowest BCUT2D eigenvalue weighted by molar-refractivity contribution is -0.129. The Hall–Kier alpha value is -2.12. The minimum atomic E-state index is -0.929. The van der Waals surface area contributed by atoms with E-state index < -0.39 is 5.41 Å². The van der Waals surface area contributed by atoms with E-state index in [-0.39, 0.29) is 18.3 Å². The third kappa shape index (κ3) is 2.73. The van der Waals surface area contributed by atoms with Crippen molar-refractivity contribution in [3.05, 3.63) is 11.7 Å². The summed E-state index contributed by atoms with van der Waals surface area (Å²) < 4.78 is 4.94.